The fraction of sp³-hybridized carbons (Fsp3) is 0.0625. The van der Waals surface area contributed by atoms with Crippen molar-refractivity contribution < 1.29 is 9.47 Å². The molecule has 6 heteroatoms. The van der Waals surface area contributed by atoms with Crippen LogP contribution in [0.4, 0.5) is 10.8 Å². The van der Waals surface area contributed by atoms with E-state index < -0.39 is 0 Å². The molecule has 0 spiro atoms. The number of nitrogens with one attached hydrogen (secondary N) is 1. The molecule has 110 valence electrons. The van der Waals surface area contributed by atoms with Crippen LogP contribution in [0.1, 0.15) is 0 Å². The Morgan fingerprint density at radius 1 is 1.09 bits per heavy atom. The van der Waals surface area contributed by atoms with Crippen molar-refractivity contribution in [2.75, 3.05) is 12.1 Å². The van der Waals surface area contributed by atoms with E-state index in [9.17, 15) is 0 Å². The van der Waals surface area contributed by atoms with E-state index in [1.165, 1.54) is 0 Å². The Balaban J connectivity index is 1.57. The summed E-state index contributed by atoms with van der Waals surface area (Å²) in [6.45, 7) is 0.281. The number of ether oxygens (including phenoxy) is 2. The van der Waals surface area contributed by atoms with Crippen LogP contribution in [0.2, 0.25) is 0 Å². The second-order valence-corrected chi connectivity index (χ2v) is 6.52. The van der Waals surface area contributed by atoms with Gasteiger partial charge in [-0.1, -0.05) is 28.1 Å². The smallest absolute Gasteiger partial charge is 0.231 e. The second kappa shape index (κ2) is 5.62. The van der Waals surface area contributed by atoms with E-state index in [4.69, 9.17) is 9.47 Å². The Morgan fingerprint density at radius 3 is 2.91 bits per heavy atom. The number of thiazole rings is 1. The molecule has 1 aliphatic rings. The number of anilines is 2. The number of hydrogen-bond acceptors (Lipinski definition) is 5. The average Bonchev–Trinajstić information content (AvgIpc) is 3.16. The maximum atomic E-state index is 5.38. The molecule has 0 radical (unpaired) electrons. The van der Waals surface area contributed by atoms with E-state index in [1.54, 1.807) is 11.3 Å². The summed E-state index contributed by atoms with van der Waals surface area (Å²) in [5, 5.41) is 6.18. The van der Waals surface area contributed by atoms with E-state index in [0.717, 1.165) is 38.0 Å². The molecule has 1 aliphatic heterocycles. The fourth-order valence-corrected chi connectivity index (χ4v) is 3.35. The van der Waals surface area contributed by atoms with Gasteiger partial charge in [-0.25, -0.2) is 4.98 Å². The van der Waals surface area contributed by atoms with Crippen LogP contribution in [0.15, 0.2) is 52.3 Å². The molecule has 0 saturated carbocycles. The first-order chi connectivity index (χ1) is 10.8. The highest BCUT2D eigenvalue weighted by atomic mass is 79.9. The quantitative estimate of drug-likeness (QED) is 0.696. The molecular formula is C16H11BrN2O2S. The number of nitrogens with zero attached hydrogens (tertiary/aromatic N) is 1. The van der Waals surface area contributed by atoms with E-state index in [2.05, 4.69) is 32.3 Å². The third kappa shape index (κ3) is 2.67. The van der Waals surface area contributed by atoms with Crippen molar-refractivity contribution in [3.05, 3.63) is 52.3 Å². The third-order valence-corrected chi connectivity index (χ3v) is 4.50. The summed E-state index contributed by atoms with van der Waals surface area (Å²) in [7, 11) is 0. The zero-order valence-corrected chi connectivity index (χ0v) is 13.8. The first-order valence-corrected chi connectivity index (χ1v) is 8.33. The molecule has 0 atom stereocenters. The van der Waals surface area contributed by atoms with Gasteiger partial charge >= 0.3 is 0 Å². The lowest BCUT2D eigenvalue weighted by atomic mass is 10.2. The summed E-state index contributed by atoms with van der Waals surface area (Å²) >= 11 is 5.05. The summed E-state index contributed by atoms with van der Waals surface area (Å²) in [4.78, 5) is 4.62. The minimum atomic E-state index is 0.281. The molecule has 0 fully saturated rings. The molecule has 3 aromatic rings. The fourth-order valence-electron chi connectivity index (χ4n) is 2.21. The van der Waals surface area contributed by atoms with Crippen LogP contribution in [0, 0.1) is 0 Å². The molecule has 1 aromatic heterocycles. The predicted molar refractivity (Wildman–Crippen MR) is 91.1 cm³/mol. The molecule has 4 rings (SSSR count). The lowest BCUT2D eigenvalue weighted by Crippen LogP contribution is -1.93. The van der Waals surface area contributed by atoms with Crippen molar-refractivity contribution in [2.45, 2.75) is 0 Å². The lowest BCUT2D eigenvalue weighted by Gasteiger charge is -2.03. The Bertz CT molecular complexity index is 835. The number of halogens is 1. The zero-order valence-electron chi connectivity index (χ0n) is 11.4. The lowest BCUT2D eigenvalue weighted by molar-refractivity contribution is 0.174. The van der Waals surface area contributed by atoms with E-state index in [1.807, 2.05) is 41.8 Å². The van der Waals surface area contributed by atoms with Gasteiger partial charge < -0.3 is 14.8 Å². The van der Waals surface area contributed by atoms with Gasteiger partial charge in [-0.05, 0) is 24.3 Å². The van der Waals surface area contributed by atoms with E-state index in [0.29, 0.717) is 0 Å². The average molecular weight is 375 g/mol. The van der Waals surface area contributed by atoms with Gasteiger partial charge in [-0.3, -0.25) is 0 Å². The number of benzene rings is 2. The number of rotatable bonds is 3. The van der Waals surface area contributed by atoms with Gasteiger partial charge in [0.05, 0.1) is 5.69 Å². The molecule has 1 N–H and O–H groups in total. The monoisotopic (exact) mass is 374 g/mol. The highest BCUT2D eigenvalue weighted by molar-refractivity contribution is 9.10. The Labute approximate surface area is 139 Å². The number of hydrogen-bond donors (Lipinski definition) is 1. The van der Waals surface area contributed by atoms with Crippen LogP contribution in [-0.2, 0) is 0 Å². The van der Waals surface area contributed by atoms with Crippen molar-refractivity contribution in [1.29, 1.82) is 0 Å². The van der Waals surface area contributed by atoms with Crippen molar-refractivity contribution in [3.63, 3.8) is 0 Å². The van der Waals surface area contributed by atoms with Gasteiger partial charge in [0.2, 0.25) is 6.79 Å². The summed E-state index contributed by atoms with van der Waals surface area (Å²) in [5.74, 6) is 1.54. The third-order valence-electron chi connectivity index (χ3n) is 3.25. The minimum absolute atomic E-state index is 0.281. The molecule has 2 heterocycles. The van der Waals surface area contributed by atoms with E-state index in [-0.39, 0.29) is 6.79 Å². The first kappa shape index (κ1) is 13.6. The van der Waals surface area contributed by atoms with Crippen molar-refractivity contribution in [2.24, 2.45) is 0 Å². The van der Waals surface area contributed by atoms with Crippen LogP contribution < -0.4 is 14.8 Å². The molecule has 0 amide bonds. The van der Waals surface area contributed by atoms with Crippen LogP contribution >= 0.6 is 27.3 Å². The van der Waals surface area contributed by atoms with Gasteiger partial charge in [-0.15, -0.1) is 11.3 Å². The van der Waals surface area contributed by atoms with Crippen molar-refractivity contribution >= 4 is 38.1 Å². The molecule has 0 unspecified atom stereocenters. The van der Waals surface area contributed by atoms with Crippen LogP contribution in [-0.4, -0.2) is 11.8 Å². The zero-order chi connectivity index (χ0) is 14.9. The van der Waals surface area contributed by atoms with Crippen molar-refractivity contribution in [1.82, 2.24) is 4.98 Å². The van der Waals surface area contributed by atoms with Gasteiger partial charge in [0.15, 0.2) is 16.6 Å². The summed E-state index contributed by atoms with van der Waals surface area (Å²) < 4.78 is 11.7. The molecule has 0 aliphatic carbocycles. The second-order valence-electron chi connectivity index (χ2n) is 4.74. The molecular weight excluding hydrogens is 364 g/mol. The van der Waals surface area contributed by atoms with Gasteiger partial charge in [-0.2, -0.15) is 0 Å². The molecule has 4 nitrogen and oxygen atoms in total. The van der Waals surface area contributed by atoms with Crippen molar-refractivity contribution in [3.8, 4) is 22.8 Å². The van der Waals surface area contributed by atoms with Gasteiger partial charge in [0, 0.05) is 27.2 Å². The summed E-state index contributed by atoms with van der Waals surface area (Å²) in [5.41, 5.74) is 2.97. The topological polar surface area (TPSA) is 43.4 Å². The molecule has 0 bridgehead atoms. The maximum Gasteiger partial charge on any atom is 0.231 e. The van der Waals surface area contributed by atoms with Crippen LogP contribution in [0.3, 0.4) is 0 Å². The highest BCUT2D eigenvalue weighted by Gasteiger charge is 2.13. The molecule has 0 saturated heterocycles. The largest absolute Gasteiger partial charge is 0.454 e. The molecule has 2 aromatic carbocycles. The minimum Gasteiger partial charge on any atom is -0.454 e. The standard InChI is InChI=1S/C16H11BrN2O2S/c17-11-3-1-2-10(6-11)13-8-22-16(19-13)18-12-4-5-14-15(7-12)21-9-20-14/h1-8H,9H2,(H,18,19). The van der Waals surface area contributed by atoms with Gasteiger partial charge in [0.25, 0.3) is 0 Å². The number of aromatic nitrogens is 1. The highest BCUT2D eigenvalue weighted by Crippen LogP contribution is 2.36. The maximum absolute atomic E-state index is 5.38. The number of fused-ring (bicyclic) bond motifs is 1. The normalized spacial score (nSPS) is 12.4. The predicted octanol–water partition coefficient (Wildman–Crippen LogP) is 5.04. The van der Waals surface area contributed by atoms with E-state index >= 15 is 0 Å². The summed E-state index contributed by atoms with van der Waals surface area (Å²) in [6.07, 6.45) is 0. The van der Waals surface area contributed by atoms with Gasteiger partial charge in [0.1, 0.15) is 0 Å². The van der Waals surface area contributed by atoms with Crippen LogP contribution in [0.25, 0.3) is 11.3 Å². The molecule has 22 heavy (non-hydrogen) atoms. The van der Waals surface area contributed by atoms with Crippen LogP contribution in [0.5, 0.6) is 11.5 Å². The SMILES string of the molecule is Brc1cccc(-c2csc(Nc3ccc4c(c3)OCO4)n2)c1. The Hall–Kier alpha value is -2.05. The Morgan fingerprint density at radius 2 is 2.00 bits per heavy atom. The summed E-state index contributed by atoms with van der Waals surface area (Å²) in [6, 6.07) is 13.9. The first-order valence-electron chi connectivity index (χ1n) is 6.66. The Kier molecular flexibility index (Phi) is 3.48.